The Labute approximate surface area is 118 Å². The number of carbonyl (C=O) groups is 1. The van der Waals surface area contributed by atoms with Gasteiger partial charge in [0.15, 0.2) is 0 Å². The van der Waals surface area contributed by atoms with Crippen LogP contribution in [0, 0.1) is 0 Å². The fourth-order valence-corrected chi connectivity index (χ4v) is 2.49. The molecule has 1 aromatic carbocycles. The third kappa shape index (κ3) is 2.88. The molecule has 2 aromatic rings. The van der Waals surface area contributed by atoms with Crippen molar-refractivity contribution < 1.29 is 4.79 Å². The summed E-state index contributed by atoms with van der Waals surface area (Å²) in [5.41, 5.74) is 2.15. The first-order chi connectivity index (χ1) is 9.83. The molecule has 0 fully saturated rings. The Balaban J connectivity index is 1.57. The van der Waals surface area contributed by atoms with Crippen LogP contribution in [0.25, 0.3) is 0 Å². The van der Waals surface area contributed by atoms with Gasteiger partial charge in [0.2, 0.25) is 5.91 Å². The van der Waals surface area contributed by atoms with Gasteiger partial charge in [0.1, 0.15) is 0 Å². The standard InChI is InChI=1S/C15H18N4O/c20-15-14(17-8-10-19-9-7-16-11-19)6-5-12-3-1-2-4-13(12)18-15/h1-4,7,9,11,14,17H,5-6,8,10H2,(H,18,20). The Kier molecular flexibility index (Phi) is 3.78. The maximum absolute atomic E-state index is 12.2. The van der Waals surface area contributed by atoms with Gasteiger partial charge in [-0.3, -0.25) is 4.79 Å². The molecule has 2 N–H and O–H groups in total. The van der Waals surface area contributed by atoms with Crippen molar-refractivity contribution in [3.8, 4) is 0 Å². The SMILES string of the molecule is O=C1Nc2ccccc2CCC1NCCn1ccnc1. The number of nitrogens with one attached hydrogen (secondary N) is 2. The number of fused-ring (bicyclic) bond motifs is 1. The van der Waals surface area contributed by atoms with Gasteiger partial charge in [0.25, 0.3) is 0 Å². The fraction of sp³-hybridized carbons (Fsp3) is 0.333. The molecular formula is C15H18N4O. The number of rotatable bonds is 4. The minimum Gasteiger partial charge on any atom is -0.336 e. The van der Waals surface area contributed by atoms with Gasteiger partial charge in [0.05, 0.1) is 12.4 Å². The van der Waals surface area contributed by atoms with Crippen LogP contribution < -0.4 is 10.6 Å². The second-order valence-electron chi connectivity index (χ2n) is 4.99. The number of hydrogen-bond donors (Lipinski definition) is 2. The van der Waals surface area contributed by atoms with Crippen molar-refractivity contribution in [3.05, 3.63) is 48.5 Å². The number of imidazole rings is 1. The second kappa shape index (κ2) is 5.88. The number of para-hydroxylation sites is 1. The summed E-state index contributed by atoms with van der Waals surface area (Å²) in [6.07, 6.45) is 7.20. The van der Waals surface area contributed by atoms with Gasteiger partial charge in [-0.1, -0.05) is 18.2 Å². The highest BCUT2D eigenvalue weighted by Gasteiger charge is 2.22. The summed E-state index contributed by atoms with van der Waals surface area (Å²) in [7, 11) is 0. The summed E-state index contributed by atoms with van der Waals surface area (Å²) in [6, 6.07) is 7.86. The van der Waals surface area contributed by atoms with Crippen molar-refractivity contribution in [2.75, 3.05) is 11.9 Å². The van der Waals surface area contributed by atoms with E-state index >= 15 is 0 Å². The van der Waals surface area contributed by atoms with E-state index in [0.717, 1.165) is 31.6 Å². The minimum atomic E-state index is -0.133. The molecule has 20 heavy (non-hydrogen) atoms. The first-order valence-electron chi connectivity index (χ1n) is 6.91. The number of anilines is 1. The van der Waals surface area contributed by atoms with E-state index in [1.807, 2.05) is 29.0 Å². The number of hydrogen-bond acceptors (Lipinski definition) is 3. The Morgan fingerprint density at radius 3 is 3.15 bits per heavy atom. The molecule has 2 heterocycles. The van der Waals surface area contributed by atoms with Crippen LogP contribution in [-0.2, 0) is 17.8 Å². The summed E-state index contributed by atoms with van der Waals surface area (Å²) < 4.78 is 2.00. The Morgan fingerprint density at radius 2 is 2.30 bits per heavy atom. The van der Waals surface area contributed by atoms with Crippen molar-refractivity contribution in [2.45, 2.75) is 25.4 Å². The van der Waals surface area contributed by atoms with Crippen LogP contribution in [0.1, 0.15) is 12.0 Å². The van der Waals surface area contributed by atoms with Crippen LogP contribution in [0.5, 0.6) is 0 Å². The van der Waals surface area contributed by atoms with E-state index in [9.17, 15) is 4.79 Å². The predicted molar refractivity (Wildman–Crippen MR) is 77.4 cm³/mol. The normalized spacial score (nSPS) is 18.2. The molecule has 1 atom stereocenters. The number of aryl methyl sites for hydroxylation is 1. The highest BCUT2D eigenvalue weighted by Crippen LogP contribution is 2.21. The van der Waals surface area contributed by atoms with E-state index in [-0.39, 0.29) is 11.9 Å². The first kappa shape index (κ1) is 12.9. The third-order valence-corrected chi connectivity index (χ3v) is 3.61. The molecular weight excluding hydrogens is 252 g/mol. The number of carbonyl (C=O) groups excluding carboxylic acids is 1. The topological polar surface area (TPSA) is 59.0 Å². The lowest BCUT2D eigenvalue weighted by atomic mass is 10.1. The number of benzene rings is 1. The van der Waals surface area contributed by atoms with Gasteiger partial charge in [-0.25, -0.2) is 4.98 Å². The van der Waals surface area contributed by atoms with E-state index in [4.69, 9.17) is 0 Å². The smallest absolute Gasteiger partial charge is 0.241 e. The molecule has 0 saturated heterocycles. The Morgan fingerprint density at radius 1 is 1.40 bits per heavy atom. The van der Waals surface area contributed by atoms with Crippen molar-refractivity contribution >= 4 is 11.6 Å². The average Bonchev–Trinajstić information content (AvgIpc) is 2.91. The van der Waals surface area contributed by atoms with E-state index in [0.29, 0.717) is 0 Å². The van der Waals surface area contributed by atoms with Crippen LogP contribution in [0.2, 0.25) is 0 Å². The molecule has 0 radical (unpaired) electrons. The van der Waals surface area contributed by atoms with Crippen LogP contribution in [-0.4, -0.2) is 28.0 Å². The van der Waals surface area contributed by atoms with E-state index < -0.39 is 0 Å². The molecule has 1 unspecified atom stereocenters. The molecule has 0 saturated carbocycles. The molecule has 0 spiro atoms. The summed E-state index contributed by atoms with van der Waals surface area (Å²) in [5.74, 6) is 0.0561. The highest BCUT2D eigenvalue weighted by atomic mass is 16.2. The maximum Gasteiger partial charge on any atom is 0.241 e. The molecule has 1 aliphatic rings. The zero-order valence-corrected chi connectivity index (χ0v) is 11.2. The largest absolute Gasteiger partial charge is 0.336 e. The third-order valence-electron chi connectivity index (χ3n) is 3.61. The van der Waals surface area contributed by atoms with Gasteiger partial charge in [0, 0.05) is 31.2 Å². The molecule has 3 rings (SSSR count). The average molecular weight is 270 g/mol. The van der Waals surface area contributed by atoms with E-state index in [2.05, 4.69) is 21.7 Å². The summed E-state index contributed by atoms with van der Waals surface area (Å²) in [5, 5.41) is 6.32. The van der Waals surface area contributed by atoms with Crippen LogP contribution in [0.15, 0.2) is 43.0 Å². The number of aromatic nitrogens is 2. The minimum absolute atomic E-state index is 0.0561. The van der Waals surface area contributed by atoms with Gasteiger partial charge >= 0.3 is 0 Å². The summed E-state index contributed by atoms with van der Waals surface area (Å²) in [4.78, 5) is 16.2. The van der Waals surface area contributed by atoms with Crippen molar-refractivity contribution in [1.82, 2.24) is 14.9 Å². The summed E-state index contributed by atoms with van der Waals surface area (Å²) >= 11 is 0. The quantitative estimate of drug-likeness (QED) is 0.883. The molecule has 104 valence electrons. The molecule has 5 nitrogen and oxygen atoms in total. The molecule has 1 amide bonds. The van der Waals surface area contributed by atoms with E-state index in [1.54, 1.807) is 12.5 Å². The molecule has 0 bridgehead atoms. The predicted octanol–water partition coefficient (Wildman–Crippen LogP) is 1.43. The lowest BCUT2D eigenvalue weighted by molar-refractivity contribution is -0.118. The van der Waals surface area contributed by atoms with E-state index in [1.165, 1.54) is 5.56 Å². The second-order valence-corrected chi connectivity index (χ2v) is 4.99. The van der Waals surface area contributed by atoms with Gasteiger partial charge in [-0.05, 0) is 24.5 Å². The maximum atomic E-state index is 12.2. The van der Waals surface area contributed by atoms with Gasteiger partial charge in [-0.2, -0.15) is 0 Å². The first-order valence-corrected chi connectivity index (χ1v) is 6.91. The Bertz CT molecular complexity index is 579. The van der Waals surface area contributed by atoms with Crippen molar-refractivity contribution in [3.63, 3.8) is 0 Å². The van der Waals surface area contributed by atoms with Gasteiger partial charge < -0.3 is 15.2 Å². The lowest BCUT2D eigenvalue weighted by Gasteiger charge is -2.15. The molecule has 1 aromatic heterocycles. The fourth-order valence-electron chi connectivity index (χ4n) is 2.49. The lowest BCUT2D eigenvalue weighted by Crippen LogP contribution is -2.41. The van der Waals surface area contributed by atoms with Crippen LogP contribution in [0.3, 0.4) is 0 Å². The zero-order chi connectivity index (χ0) is 13.8. The van der Waals surface area contributed by atoms with Crippen molar-refractivity contribution in [1.29, 1.82) is 0 Å². The number of amides is 1. The monoisotopic (exact) mass is 270 g/mol. The van der Waals surface area contributed by atoms with Crippen LogP contribution in [0.4, 0.5) is 5.69 Å². The van der Waals surface area contributed by atoms with Crippen LogP contribution >= 0.6 is 0 Å². The van der Waals surface area contributed by atoms with Crippen molar-refractivity contribution in [2.24, 2.45) is 0 Å². The highest BCUT2D eigenvalue weighted by molar-refractivity contribution is 5.96. The van der Waals surface area contributed by atoms with Gasteiger partial charge in [-0.15, -0.1) is 0 Å². The molecule has 0 aliphatic carbocycles. The molecule has 1 aliphatic heterocycles. The number of nitrogens with zero attached hydrogens (tertiary/aromatic N) is 2. The Hall–Kier alpha value is -2.14. The zero-order valence-electron chi connectivity index (χ0n) is 11.2. The molecule has 5 heteroatoms. The summed E-state index contributed by atoms with van der Waals surface area (Å²) in [6.45, 7) is 1.57.